The second-order valence-corrected chi connectivity index (χ2v) is 2.82. The first kappa shape index (κ1) is 12.9. The zero-order chi connectivity index (χ0) is 9.14. The molecule has 0 aliphatic carbocycles. The first-order valence-corrected chi connectivity index (χ1v) is 4.08. The summed E-state index contributed by atoms with van der Waals surface area (Å²) in [6, 6.07) is 0. The van der Waals surface area contributed by atoms with Gasteiger partial charge in [0, 0.05) is 32.7 Å². The van der Waals surface area contributed by atoms with E-state index in [2.05, 4.69) is 26.3 Å². The van der Waals surface area contributed by atoms with Gasteiger partial charge in [-0.05, 0) is 7.05 Å². The van der Waals surface area contributed by atoms with E-state index in [1.54, 1.807) is 0 Å². The molecule has 67 valence electrons. The van der Waals surface area contributed by atoms with Crippen LogP contribution in [0.4, 0.5) is 0 Å². The van der Waals surface area contributed by atoms with Crippen molar-refractivity contribution in [2.75, 3.05) is 7.05 Å². The molecule has 0 atom stereocenters. The zero-order valence-electron chi connectivity index (χ0n) is 8.30. The largest absolute Gasteiger partial charge is 0.463 e. The SMILES string of the molecule is C=CC1=CN(C)[C-]=C(CC)C1=C.[Y]. The molecule has 1 heterocycles. The van der Waals surface area contributed by atoms with Crippen LogP contribution in [0.3, 0.4) is 0 Å². The van der Waals surface area contributed by atoms with Gasteiger partial charge in [0.2, 0.25) is 0 Å². The van der Waals surface area contributed by atoms with Gasteiger partial charge in [0.25, 0.3) is 0 Å². The molecule has 13 heavy (non-hydrogen) atoms. The molecule has 1 aliphatic heterocycles. The van der Waals surface area contributed by atoms with Crippen LogP contribution < -0.4 is 0 Å². The van der Waals surface area contributed by atoms with Crippen LogP contribution in [0.25, 0.3) is 0 Å². The van der Waals surface area contributed by atoms with Crippen molar-refractivity contribution in [2.24, 2.45) is 0 Å². The maximum atomic E-state index is 3.99. The van der Waals surface area contributed by atoms with E-state index in [1.807, 2.05) is 24.2 Å². The van der Waals surface area contributed by atoms with E-state index >= 15 is 0 Å². The van der Waals surface area contributed by atoms with Gasteiger partial charge in [-0.1, -0.05) is 31.8 Å². The molecule has 0 N–H and O–H groups in total. The third-order valence-electron chi connectivity index (χ3n) is 1.93. The zero-order valence-corrected chi connectivity index (χ0v) is 11.1. The third-order valence-corrected chi connectivity index (χ3v) is 1.93. The molecule has 0 fully saturated rings. The monoisotopic (exact) mass is 249 g/mol. The fraction of sp³-hybridized carbons (Fsp3) is 0.273. The van der Waals surface area contributed by atoms with Gasteiger partial charge < -0.3 is 4.90 Å². The second kappa shape index (κ2) is 5.56. The average molecular weight is 249 g/mol. The minimum absolute atomic E-state index is 0. The van der Waals surface area contributed by atoms with E-state index in [-0.39, 0.29) is 32.7 Å². The fourth-order valence-corrected chi connectivity index (χ4v) is 1.24. The molecule has 0 aromatic heterocycles. The summed E-state index contributed by atoms with van der Waals surface area (Å²) in [6.07, 6.45) is 7.98. The van der Waals surface area contributed by atoms with E-state index in [9.17, 15) is 0 Å². The number of hydrogen-bond acceptors (Lipinski definition) is 1. The summed E-state index contributed by atoms with van der Waals surface area (Å²) < 4.78 is 0. The van der Waals surface area contributed by atoms with Crippen LogP contribution in [0.15, 0.2) is 42.2 Å². The van der Waals surface area contributed by atoms with Gasteiger partial charge in [-0.15, -0.1) is 29.9 Å². The molecule has 0 spiro atoms. The van der Waals surface area contributed by atoms with E-state index in [0.717, 1.165) is 23.1 Å². The number of allylic oxidation sites excluding steroid dienone is 4. The molecule has 1 rings (SSSR count). The summed E-state index contributed by atoms with van der Waals surface area (Å²) in [5.74, 6) is 0. The summed E-state index contributed by atoms with van der Waals surface area (Å²) in [6.45, 7) is 9.83. The molecule has 0 saturated heterocycles. The Kier molecular flexibility index (Phi) is 5.51. The Hall–Kier alpha value is -0.136. The average Bonchev–Trinajstić information content (AvgIpc) is 2.08. The van der Waals surface area contributed by atoms with Crippen molar-refractivity contribution in [3.63, 3.8) is 0 Å². The van der Waals surface area contributed by atoms with Crippen molar-refractivity contribution in [3.05, 3.63) is 48.4 Å². The van der Waals surface area contributed by atoms with Crippen molar-refractivity contribution in [1.82, 2.24) is 4.90 Å². The normalized spacial score (nSPS) is 15.8. The smallest absolute Gasteiger partial charge is 0 e. The Bertz CT molecular complexity index is 274. The topological polar surface area (TPSA) is 3.24 Å². The van der Waals surface area contributed by atoms with Crippen LogP contribution in [0.5, 0.6) is 0 Å². The number of rotatable bonds is 2. The summed E-state index contributed by atoms with van der Waals surface area (Å²) >= 11 is 0. The number of nitrogens with zero attached hydrogens (tertiary/aromatic N) is 1. The van der Waals surface area contributed by atoms with Crippen LogP contribution in [-0.4, -0.2) is 11.9 Å². The minimum Gasteiger partial charge on any atom is -0.463 e. The molecule has 0 amide bonds. The fourth-order valence-electron chi connectivity index (χ4n) is 1.24. The Balaban J connectivity index is 0.00000144. The maximum Gasteiger partial charge on any atom is 0 e. The minimum atomic E-state index is 0. The predicted molar refractivity (Wildman–Crippen MR) is 52.2 cm³/mol. The molecular weight excluding hydrogens is 235 g/mol. The van der Waals surface area contributed by atoms with E-state index in [4.69, 9.17) is 0 Å². The van der Waals surface area contributed by atoms with Crippen LogP contribution in [-0.2, 0) is 32.7 Å². The Morgan fingerprint density at radius 3 is 2.69 bits per heavy atom. The van der Waals surface area contributed by atoms with E-state index in [0.29, 0.717) is 0 Å². The van der Waals surface area contributed by atoms with Gasteiger partial charge >= 0.3 is 0 Å². The standard InChI is InChI=1S/C11H14N.Y/c1-5-10-7-12(4)8-11(6-2)9(10)3;/h5,7H,1,3,6H2,2,4H3;/q-1;. The van der Waals surface area contributed by atoms with Crippen LogP contribution >= 0.6 is 0 Å². The molecule has 1 nitrogen and oxygen atoms in total. The van der Waals surface area contributed by atoms with Gasteiger partial charge in [-0.25, -0.2) is 0 Å². The first-order valence-electron chi connectivity index (χ1n) is 4.08. The summed E-state index contributed by atoms with van der Waals surface area (Å²) in [5, 5.41) is 0. The van der Waals surface area contributed by atoms with Gasteiger partial charge in [0.1, 0.15) is 0 Å². The molecule has 1 radical (unpaired) electrons. The Morgan fingerprint density at radius 1 is 1.62 bits per heavy atom. The van der Waals surface area contributed by atoms with E-state index in [1.165, 1.54) is 0 Å². The molecule has 0 aromatic carbocycles. The first-order chi connectivity index (χ1) is 5.69. The third kappa shape index (κ3) is 2.93. The van der Waals surface area contributed by atoms with Crippen molar-refractivity contribution in [3.8, 4) is 0 Å². The van der Waals surface area contributed by atoms with Crippen LogP contribution in [0, 0.1) is 6.20 Å². The molecule has 2 heteroatoms. The van der Waals surface area contributed by atoms with Gasteiger partial charge in [0.15, 0.2) is 0 Å². The Labute approximate surface area is 106 Å². The molecule has 0 saturated carbocycles. The Morgan fingerprint density at radius 2 is 2.23 bits per heavy atom. The molecule has 0 unspecified atom stereocenters. The van der Waals surface area contributed by atoms with Crippen LogP contribution in [0.1, 0.15) is 13.3 Å². The molecule has 1 aliphatic rings. The summed E-state index contributed by atoms with van der Waals surface area (Å²) in [7, 11) is 1.96. The van der Waals surface area contributed by atoms with Crippen LogP contribution in [0.2, 0.25) is 0 Å². The second-order valence-electron chi connectivity index (χ2n) is 2.82. The van der Waals surface area contributed by atoms with Gasteiger partial charge in [-0.3, -0.25) is 0 Å². The van der Waals surface area contributed by atoms with E-state index < -0.39 is 0 Å². The number of hydrogen-bond donors (Lipinski definition) is 0. The van der Waals surface area contributed by atoms with Crippen molar-refractivity contribution in [2.45, 2.75) is 13.3 Å². The predicted octanol–water partition coefficient (Wildman–Crippen LogP) is 2.65. The van der Waals surface area contributed by atoms with Crippen molar-refractivity contribution < 1.29 is 32.7 Å². The molecule has 0 aromatic rings. The van der Waals surface area contributed by atoms with Crippen molar-refractivity contribution >= 4 is 0 Å². The summed E-state index contributed by atoms with van der Waals surface area (Å²) in [4.78, 5) is 1.92. The maximum absolute atomic E-state index is 3.99. The van der Waals surface area contributed by atoms with Crippen molar-refractivity contribution in [1.29, 1.82) is 0 Å². The van der Waals surface area contributed by atoms with Gasteiger partial charge in [0.05, 0.1) is 0 Å². The van der Waals surface area contributed by atoms with Gasteiger partial charge in [-0.2, -0.15) is 0 Å². The summed E-state index contributed by atoms with van der Waals surface area (Å²) in [5.41, 5.74) is 3.30. The quantitative estimate of drug-likeness (QED) is 0.680. The molecule has 0 bridgehead atoms. The molecular formula is C11H14NY-.